The first-order valence-electron chi connectivity index (χ1n) is 10.5. The first-order valence-corrected chi connectivity index (χ1v) is 12.3. The highest BCUT2D eigenvalue weighted by molar-refractivity contribution is 7.99. The van der Waals surface area contributed by atoms with E-state index in [0.717, 1.165) is 45.7 Å². The summed E-state index contributed by atoms with van der Waals surface area (Å²) in [6, 6.07) is 0. The Morgan fingerprint density at radius 2 is 2.00 bits per heavy atom. The summed E-state index contributed by atoms with van der Waals surface area (Å²) in [5.41, 5.74) is 5.27. The van der Waals surface area contributed by atoms with E-state index < -0.39 is 17.0 Å². The summed E-state index contributed by atoms with van der Waals surface area (Å²) < 4.78 is 3.43. The van der Waals surface area contributed by atoms with E-state index in [2.05, 4.69) is 13.5 Å². The molecule has 0 bridgehead atoms. The average molecular weight is 488 g/mol. The van der Waals surface area contributed by atoms with Crippen molar-refractivity contribution in [3.05, 3.63) is 59.9 Å². The SMILES string of the molecule is C=CCn1c(SCC(=O)c2c(N)n(C)c(=O)n(C)c2=O)nc2sc3c(c2c1=O)CCC(C)C3. The summed E-state index contributed by atoms with van der Waals surface area (Å²) >= 11 is 2.61. The molecule has 1 aliphatic carbocycles. The van der Waals surface area contributed by atoms with Gasteiger partial charge in [-0.25, -0.2) is 9.78 Å². The molecule has 11 heteroatoms. The molecule has 3 heterocycles. The van der Waals surface area contributed by atoms with Crippen LogP contribution >= 0.6 is 23.1 Å². The predicted octanol–water partition coefficient (Wildman–Crippen LogP) is 1.72. The van der Waals surface area contributed by atoms with E-state index in [4.69, 9.17) is 10.7 Å². The Kier molecular flexibility index (Phi) is 6.19. The third-order valence-corrected chi connectivity index (χ3v) is 8.14. The lowest BCUT2D eigenvalue weighted by molar-refractivity contribution is 0.102. The number of thiophene rings is 1. The normalized spacial score (nSPS) is 15.5. The van der Waals surface area contributed by atoms with Gasteiger partial charge in [0.2, 0.25) is 0 Å². The summed E-state index contributed by atoms with van der Waals surface area (Å²) in [6.45, 7) is 6.20. The standard InChI is InChI=1S/C22H25N5O4S2/c1-5-8-27-20(30)15-12-7-6-11(2)9-14(12)33-18(15)24-21(27)32-10-13(28)16-17(23)25(3)22(31)26(4)19(16)29/h5,11H,1,6-10,23H2,2-4H3. The van der Waals surface area contributed by atoms with E-state index in [1.165, 1.54) is 34.9 Å². The minimum Gasteiger partial charge on any atom is -0.384 e. The van der Waals surface area contributed by atoms with E-state index in [1.807, 2.05) is 0 Å². The van der Waals surface area contributed by atoms with E-state index >= 15 is 0 Å². The lowest BCUT2D eigenvalue weighted by Gasteiger charge is -2.17. The number of nitrogens with two attached hydrogens (primary N) is 1. The molecule has 1 unspecified atom stereocenters. The topological polar surface area (TPSA) is 122 Å². The van der Waals surface area contributed by atoms with E-state index in [1.54, 1.807) is 6.08 Å². The van der Waals surface area contributed by atoms with Crippen LogP contribution in [-0.2, 0) is 33.5 Å². The Labute approximate surface area is 197 Å². The molecular weight excluding hydrogens is 462 g/mol. The first kappa shape index (κ1) is 23.2. The Hall–Kier alpha value is -2.92. The molecular formula is C22H25N5O4S2. The van der Waals surface area contributed by atoms with Crippen molar-refractivity contribution in [2.75, 3.05) is 11.5 Å². The van der Waals surface area contributed by atoms with Crippen molar-refractivity contribution in [2.24, 2.45) is 20.0 Å². The molecule has 2 N–H and O–H groups in total. The fourth-order valence-corrected chi connectivity index (χ4v) is 6.43. The van der Waals surface area contributed by atoms with Crippen LogP contribution in [0, 0.1) is 5.92 Å². The molecule has 0 saturated heterocycles. The van der Waals surface area contributed by atoms with Gasteiger partial charge in [0, 0.05) is 25.5 Å². The number of carbonyl (C=O) groups is 1. The highest BCUT2D eigenvalue weighted by atomic mass is 32.2. The van der Waals surface area contributed by atoms with Gasteiger partial charge in [0.05, 0.1) is 11.1 Å². The number of thioether (sulfide) groups is 1. The van der Waals surface area contributed by atoms with Gasteiger partial charge in [-0.3, -0.25) is 28.1 Å². The molecule has 9 nitrogen and oxygen atoms in total. The number of nitrogens with zero attached hydrogens (tertiary/aromatic N) is 4. The molecule has 0 fully saturated rings. The van der Waals surface area contributed by atoms with E-state index in [0.29, 0.717) is 21.3 Å². The summed E-state index contributed by atoms with van der Waals surface area (Å²) in [6.07, 6.45) is 4.46. The molecule has 0 aromatic carbocycles. The molecule has 0 amide bonds. The van der Waals surface area contributed by atoms with Gasteiger partial charge < -0.3 is 5.73 Å². The Balaban J connectivity index is 1.74. The minimum atomic E-state index is -0.742. The molecule has 1 aliphatic rings. The quantitative estimate of drug-likeness (QED) is 0.243. The van der Waals surface area contributed by atoms with Crippen LogP contribution in [0.25, 0.3) is 10.2 Å². The third kappa shape index (κ3) is 3.89. The summed E-state index contributed by atoms with van der Waals surface area (Å²) in [7, 11) is 2.70. The highest BCUT2D eigenvalue weighted by Crippen LogP contribution is 2.36. The van der Waals surface area contributed by atoms with Crippen LogP contribution in [0.15, 0.2) is 32.2 Å². The number of rotatable bonds is 6. The van der Waals surface area contributed by atoms with Crippen molar-refractivity contribution in [1.29, 1.82) is 0 Å². The second-order valence-corrected chi connectivity index (χ2v) is 10.3. The molecule has 0 aliphatic heterocycles. The van der Waals surface area contributed by atoms with Crippen LogP contribution in [0.2, 0.25) is 0 Å². The molecule has 0 saturated carbocycles. The molecule has 3 aromatic heterocycles. The van der Waals surface area contributed by atoms with Crippen LogP contribution in [-0.4, -0.2) is 30.2 Å². The number of hydrogen-bond donors (Lipinski definition) is 1. The number of aryl methyl sites for hydroxylation is 1. The molecule has 174 valence electrons. The lowest BCUT2D eigenvalue weighted by atomic mass is 9.89. The molecule has 4 rings (SSSR count). The van der Waals surface area contributed by atoms with Crippen LogP contribution < -0.4 is 22.5 Å². The van der Waals surface area contributed by atoms with Gasteiger partial charge in [-0.15, -0.1) is 17.9 Å². The maximum Gasteiger partial charge on any atom is 0.332 e. The smallest absolute Gasteiger partial charge is 0.332 e. The van der Waals surface area contributed by atoms with Crippen molar-refractivity contribution in [3.63, 3.8) is 0 Å². The molecule has 33 heavy (non-hydrogen) atoms. The average Bonchev–Trinajstić information content (AvgIpc) is 3.14. The number of anilines is 1. The van der Waals surface area contributed by atoms with Crippen LogP contribution in [0.4, 0.5) is 5.82 Å². The number of aromatic nitrogens is 4. The number of carbonyl (C=O) groups excluding carboxylic acids is 1. The fraction of sp³-hybridized carbons (Fsp3) is 0.409. The highest BCUT2D eigenvalue weighted by Gasteiger charge is 2.26. The van der Waals surface area contributed by atoms with Crippen molar-refractivity contribution in [1.82, 2.24) is 18.7 Å². The number of ketones is 1. The zero-order valence-electron chi connectivity index (χ0n) is 18.7. The van der Waals surface area contributed by atoms with Crippen molar-refractivity contribution < 1.29 is 4.79 Å². The van der Waals surface area contributed by atoms with Gasteiger partial charge in [0.1, 0.15) is 16.2 Å². The second kappa shape index (κ2) is 8.79. The third-order valence-electron chi connectivity index (χ3n) is 6.01. The first-order chi connectivity index (χ1) is 15.6. The van der Waals surface area contributed by atoms with E-state index in [9.17, 15) is 19.2 Å². The van der Waals surface area contributed by atoms with Gasteiger partial charge in [0.25, 0.3) is 11.1 Å². The Morgan fingerprint density at radius 1 is 1.27 bits per heavy atom. The maximum atomic E-state index is 13.4. The minimum absolute atomic E-state index is 0.139. The Bertz CT molecular complexity index is 1480. The molecule has 1 atom stereocenters. The van der Waals surface area contributed by atoms with Crippen LogP contribution in [0.3, 0.4) is 0 Å². The number of fused-ring (bicyclic) bond motifs is 3. The molecule has 3 aromatic rings. The monoisotopic (exact) mass is 487 g/mol. The second-order valence-electron chi connectivity index (χ2n) is 8.31. The van der Waals surface area contributed by atoms with Gasteiger partial charge in [-0.2, -0.15) is 0 Å². The molecule has 0 spiro atoms. The summed E-state index contributed by atoms with van der Waals surface area (Å²) in [4.78, 5) is 57.4. The fourth-order valence-electron chi connectivity index (χ4n) is 4.13. The lowest BCUT2D eigenvalue weighted by Crippen LogP contribution is -2.41. The number of Topliss-reactive ketones (excluding diaryl/α,β-unsaturated/α-hetero) is 1. The summed E-state index contributed by atoms with van der Waals surface area (Å²) in [5.74, 6) is -0.301. The van der Waals surface area contributed by atoms with Gasteiger partial charge in [0.15, 0.2) is 10.9 Å². The van der Waals surface area contributed by atoms with Gasteiger partial charge in [-0.1, -0.05) is 24.8 Å². The van der Waals surface area contributed by atoms with Crippen LogP contribution in [0.1, 0.15) is 34.1 Å². The number of nitrogen functional groups attached to an aromatic ring is 1. The molecule has 0 radical (unpaired) electrons. The number of allylic oxidation sites excluding steroid dienone is 1. The zero-order chi connectivity index (χ0) is 24.0. The van der Waals surface area contributed by atoms with Crippen molar-refractivity contribution in [2.45, 2.75) is 37.9 Å². The van der Waals surface area contributed by atoms with Gasteiger partial charge in [-0.05, 0) is 30.7 Å². The summed E-state index contributed by atoms with van der Waals surface area (Å²) in [5, 5.41) is 1.04. The predicted molar refractivity (Wildman–Crippen MR) is 132 cm³/mol. The van der Waals surface area contributed by atoms with Crippen LogP contribution in [0.5, 0.6) is 0 Å². The van der Waals surface area contributed by atoms with Gasteiger partial charge >= 0.3 is 5.69 Å². The van der Waals surface area contributed by atoms with Crippen molar-refractivity contribution in [3.8, 4) is 0 Å². The van der Waals surface area contributed by atoms with Crippen molar-refractivity contribution >= 4 is 44.9 Å². The van der Waals surface area contributed by atoms with E-state index in [-0.39, 0.29) is 29.2 Å². The largest absolute Gasteiger partial charge is 0.384 e. The Morgan fingerprint density at radius 3 is 2.70 bits per heavy atom. The zero-order valence-corrected chi connectivity index (χ0v) is 20.3. The maximum absolute atomic E-state index is 13.4. The number of hydrogen-bond acceptors (Lipinski definition) is 8.